The second-order valence-corrected chi connectivity index (χ2v) is 6.05. The van der Waals surface area contributed by atoms with Gasteiger partial charge in [0.1, 0.15) is 0 Å². The van der Waals surface area contributed by atoms with Crippen molar-refractivity contribution < 1.29 is 14.7 Å². The third kappa shape index (κ3) is 2.95. The van der Waals surface area contributed by atoms with Gasteiger partial charge < -0.3 is 20.2 Å². The molecule has 7 heteroatoms. The lowest BCUT2D eigenvalue weighted by Gasteiger charge is -2.34. The molecule has 0 radical (unpaired) electrons. The van der Waals surface area contributed by atoms with Gasteiger partial charge in [0.15, 0.2) is 0 Å². The van der Waals surface area contributed by atoms with Gasteiger partial charge in [0.2, 0.25) is 5.91 Å². The van der Waals surface area contributed by atoms with Crippen LogP contribution < -0.4 is 5.32 Å². The van der Waals surface area contributed by atoms with Crippen LogP contribution in [0.25, 0.3) is 0 Å². The van der Waals surface area contributed by atoms with Crippen LogP contribution in [0.4, 0.5) is 0 Å². The van der Waals surface area contributed by atoms with Gasteiger partial charge in [0.05, 0.1) is 18.7 Å². The highest BCUT2D eigenvalue weighted by Gasteiger charge is 2.40. The number of carbonyl (C=O) groups excluding carboxylic acids is 2. The quantitative estimate of drug-likeness (QED) is 0.801. The molecule has 2 aliphatic heterocycles. The number of aliphatic hydroxyl groups excluding tert-OH is 1. The second-order valence-electron chi connectivity index (χ2n) is 5.62. The normalized spacial score (nSPS) is 25.6. The van der Waals surface area contributed by atoms with Crippen molar-refractivity contribution in [3.63, 3.8) is 0 Å². The van der Waals surface area contributed by atoms with Crippen molar-refractivity contribution in [2.45, 2.75) is 12.1 Å². The van der Waals surface area contributed by atoms with Crippen molar-refractivity contribution >= 4 is 23.4 Å². The molecule has 3 rings (SSSR count). The summed E-state index contributed by atoms with van der Waals surface area (Å²) >= 11 is 5.82. The molecule has 22 heavy (non-hydrogen) atoms. The van der Waals surface area contributed by atoms with E-state index in [1.807, 2.05) is 0 Å². The average Bonchev–Trinajstić information content (AvgIpc) is 2.90. The van der Waals surface area contributed by atoms with E-state index in [0.717, 1.165) is 0 Å². The van der Waals surface area contributed by atoms with Gasteiger partial charge in [-0.3, -0.25) is 9.59 Å². The van der Waals surface area contributed by atoms with Crippen LogP contribution in [-0.2, 0) is 4.79 Å². The number of benzene rings is 1. The van der Waals surface area contributed by atoms with E-state index in [4.69, 9.17) is 11.6 Å². The molecule has 2 unspecified atom stereocenters. The number of halogens is 1. The number of β-amino-alcohol motifs (C(OH)–C–C–N with tert-alkyl or cyclic N) is 1. The molecular formula is C15H18ClN3O3. The fraction of sp³-hybridized carbons (Fsp3) is 0.467. The van der Waals surface area contributed by atoms with Crippen molar-refractivity contribution in [3.8, 4) is 0 Å². The molecule has 2 atom stereocenters. The smallest absolute Gasteiger partial charge is 0.254 e. The standard InChI is InChI=1S/C15H18ClN3O3/c16-11-3-1-10(2-4-11)15(22)18-8-12(13(20)9-18)19-6-5-17-7-14(19)21/h1-4,12-13,17,20H,5-9H2. The van der Waals surface area contributed by atoms with E-state index < -0.39 is 6.10 Å². The summed E-state index contributed by atoms with van der Waals surface area (Å²) < 4.78 is 0. The number of hydrogen-bond donors (Lipinski definition) is 2. The summed E-state index contributed by atoms with van der Waals surface area (Å²) in [6.07, 6.45) is -0.710. The van der Waals surface area contributed by atoms with Crippen molar-refractivity contribution in [2.24, 2.45) is 0 Å². The zero-order valence-electron chi connectivity index (χ0n) is 12.0. The van der Waals surface area contributed by atoms with Crippen molar-refractivity contribution in [2.75, 3.05) is 32.7 Å². The minimum Gasteiger partial charge on any atom is -0.389 e. The Kier molecular flexibility index (Phi) is 4.33. The molecule has 2 N–H and O–H groups in total. The van der Waals surface area contributed by atoms with Crippen molar-refractivity contribution in [1.29, 1.82) is 0 Å². The van der Waals surface area contributed by atoms with Crippen LogP contribution in [0.3, 0.4) is 0 Å². The SMILES string of the molecule is O=C(c1ccc(Cl)cc1)N1CC(O)C(N2CCNCC2=O)C1. The van der Waals surface area contributed by atoms with E-state index in [0.29, 0.717) is 30.2 Å². The zero-order valence-corrected chi connectivity index (χ0v) is 12.8. The van der Waals surface area contributed by atoms with E-state index in [-0.39, 0.29) is 30.9 Å². The Labute approximate surface area is 133 Å². The first kappa shape index (κ1) is 15.3. The number of nitrogens with zero attached hydrogens (tertiary/aromatic N) is 2. The van der Waals surface area contributed by atoms with Crippen LogP contribution in [0.2, 0.25) is 5.02 Å². The topological polar surface area (TPSA) is 72.9 Å². The summed E-state index contributed by atoms with van der Waals surface area (Å²) in [7, 11) is 0. The first-order valence-corrected chi connectivity index (χ1v) is 7.67. The number of hydrogen-bond acceptors (Lipinski definition) is 4. The molecule has 0 spiro atoms. The van der Waals surface area contributed by atoms with Crippen LogP contribution >= 0.6 is 11.6 Å². The molecule has 2 fully saturated rings. The summed E-state index contributed by atoms with van der Waals surface area (Å²) in [6, 6.07) is 6.34. The van der Waals surface area contributed by atoms with Crippen LogP contribution in [0.1, 0.15) is 10.4 Å². The summed E-state index contributed by atoms with van der Waals surface area (Å²) in [6.45, 7) is 2.15. The lowest BCUT2D eigenvalue weighted by atomic mass is 10.1. The zero-order chi connectivity index (χ0) is 15.7. The minimum atomic E-state index is -0.710. The number of amides is 2. The number of piperazine rings is 1. The minimum absolute atomic E-state index is 0.0314. The highest BCUT2D eigenvalue weighted by Crippen LogP contribution is 2.20. The average molecular weight is 324 g/mol. The third-order valence-electron chi connectivity index (χ3n) is 4.16. The predicted molar refractivity (Wildman–Crippen MR) is 81.7 cm³/mol. The van der Waals surface area contributed by atoms with Gasteiger partial charge >= 0.3 is 0 Å². The molecule has 118 valence electrons. The Hall–Kier alpha value is -1.63. The van der Waals surface area contributed by atoms with Crippen molar-refractivity contribution in [1.82, 2.24) is 15.1 Å². The molecule has 2 heterocycles. The fourth-order valence-electron chi connectivity index (χ4n) is 2.99. The number of nitrogens with one attached hydrogen (secondary N) is 1. The van der Waals surface area contributed by atoms with E-state index in [2.05, 4.69) is 5.32 Å². The number of aliphatic hydroxyl groups is 1. The van der Waals surface area contributed by atoms with Crippen LogP contribution in [0.5, 0.6) is 0 Å². The summed E-state index contributed by atoms with van der Waals surface area (Å²) in [5, 5.41) is 13.8. The van der Waals surface area contributed by atoms with E-state index in [9.17, 15) is 14.7 Å². The molecule has 0 aromatic heterocycles. The van der Waals surface area contributed by atoms with E-state index in [1.165, 1.54) is 0 Å². The highest BCUT2D eigenvalue weighted by atomic mass is 35.5. The molecule has 0 bridgehead atoms. The largest absolute Gasteiger partial charge is 0.389 e. The molecule has 6 nitrogen and oxygen atoms in total. The second kappa shape index (κ2) is 6.24. The molecule has 2 amide bonds. The molecule has 1 aromatic rings. The molecular weight excluding hydrogens is 306 g/mol. The Morgan fingerprint density at radius 3 is 2.68 bits per heavy atom. The van der Waals surface area contributed by atoms with Gasteiger partial charge in [-0.1, -0.05) is 11.6 Å². The molecule has 0 saturated carbocycles. The Balaban J connectivity index is 1.71. The fourth-order valence-corrected chi connectivity index (χ4v) is 3.11. The van der Waals surface area contributed by atoms with Gasteiger partial charge in [-0.15, -0.1) is 0 Å². The maximum Gasteiger partial charge on any atom is 0.254 e. The Morgan fingerprint density at radius 1 is 1.27 bits per heavy atom. The van der Waals surface area contributed by atoms with E-state index >= 15 is 0 Å². The molecule has 2 aliphatic rings. The van der Waals surface area contributed by atoms with Gasteiger partial charge in [0.25, 0.3) is 5.91 Å². The van der Waals surface area contributed by atoms with Crippen LogP contribution in [0, 0.1) is 0 Å². The van der Waals surface area contributed by atoms with Gasteiger partial charge in [-0.2, -0.15) is 0 Å². The van der Waals surface area contributed by atoms with Gasteiger partial charge in [0, 0.05) is 36.8 Å². The molecule has 2 saturated heterocycles. The maximum absolute atomic E-state index is 12.5. The van der Waals surface area contributed by atoms with Crippen LogP contribution in [0.15, 0.2) is 24.3 Å². The number of likely N-dealkylation sites (tertiary alicyclic amines) is 1. The monoisotopic (exact) mass is 323 g/mol. The highest BCUT2D eigenvalue weighted by molar-refractivity contribution is 6.30. The van der Waals surface area contributed by atoms with Gasteiger partial charge in [-0.25, -0.2) is 0 Å². The molecule has 0 aliphatic carbocycles. The van der Waals surface area contributed by atoms with E-state index in [1.54, 1.807) is 34.1 Å². The van der Waals surface area contributed by atoms with Crippen LogP contribution in [-0.4, -0.2) is 71.6 Å². The Bertz CT molecular complexity index is 578. The summed E-state index contributed by atoms with van der Waals surface area (Å²) in [5.41, 5.74) is 0.531. The Morgan fingerprint density at radius 2 is 2.00 bits per heavy atom. The lowest BCUT2D eigenvalue weighted by molar-refractivity contribution is -0.135. The lowest BCUT2D eigenvalue weighted by Crippen LogP contribution is -2.55. The first-order valence-electron chi connectivity index (χ1n) is 7.29. The van der Waals surface area contributed by atoms with Crippen molar-refractivity contribution in [3.05, 3.63) is 34.9 Å². The number of rotatable bonds is 2. The predicted octanol–water partition coefficient (Wildman–Crippen LogP) is -0.0429. The first-order chi connectivity index (χ1) is 10.6. The summed E-state index contributed by atoms with van der Waals surface area (Å²) in [4.78, 5) is 27.7. The van der Waals surface area contributed by atoms with Gasteiger partial charge in [-0.05, 0) is 24.3 Å². The third-order valence-corrected chi connectivity index (χ3v) is 4.42. The number of carbonyl (C=O) groups is 2. The molecule has 1 aromatic carbocycles. The summed E-state index contributed by atoms with van der Waals surface area (Å²) in [5.74, 6) is -0.183. The maximum atomic E-state index is 12.5.